The lowest BCUT2D eigenvalue weighted by atomic mass is 9.65. The van der Waals surface area contributed by atoms with Crippen molar-refractivity contribution < 1.29 is 19.5 Å². The van der Waals surface area contributed by atoms with Gasteiger partial charge in [-0.1, -0.05) is 79.5 Å². The number of halogens is 3. The molecule has 1 fully saturated rings. The van der Waals surface area contributed by atoms with Gasteiger partial charge < -0.3 is 15.7 Å². The van der Waals surface area contributed by atoms with E-state index in [1.54, 1.807) is 24.3 Å². The molecular weight excluding hydrogens is 537 g/mol. The Morgan fingerprint density at radius 2 is 1.62 bits per heavy atom. The van der Waals surface area contributed by atoms with Crippen molar-refractivity contribution in [3.8, 4) is 0 Å². The number of rotatable bonds is 8. The van der Waals surface area contributed by atoms with Crippen LogP contribution in [0.5, 0.6) is 0 Å². The molecule has 1 amide bonds. The van der Waals surface area contributed by atoms with E-state index in [2.05, 4.69) is 15.6 Å². The Kier molecular flexibility index (Phi) is 8.46. The Morgan fingerprint density at radius 3 is 2.16 bits per heavy atom. The zero-order chi connectivity index (χ0) is 26.7. The van der Waals surface area contributed by atoms with Crippen molar-refractivity contribution in [1.82, 2.24) is 10.3 Å². The first-order valence-corrected chi connectivity index (χ1v) is 13.5. The molecule has 2 aromatic rings. The number of anilines is 1. The molecule has 1 saturated carbocycles. The number of hydrogen-bond acceptors (Lipinski definition) is 5. The number of carbonyl (C=O) groups is 3. The summed E-state index contributed by atoms with van der Waals surface area (Å²) in [5, 5.41) is 16.5. The molecule has 0 aliphatic heterocycles. The van der Waals surface area contributed by atoms with Gasteiger partial charge in [-0.3, -0.25) is 14.6 Å². The first-order chi connectivity index (χ1) is 17.7. The summed E-state index contributed by atoms with van der Waals surface area (Å²) in [6.07, 6.45) is 8.54. The number of Topliss-reactive ketones (excluding diaryl/α,β-unsaturated/α-hetero) is 1. The summed E-state index contributed by atoms with van der Waals surface area (Å²) in [5.41, 5.74) is 1.28. The maximum Gasteiger partial charge on any atom is 0.326 e. The predicted molar refractivity (Wildman–Crippen MR) is 144 cm³/mol. The van der Waals surface area contributed by atoms with Crippen LogP contribution in [0.1, 0.15) is 73.7 Å². The van der Waals surface area contributed by atoms with Crippen molar-refractivity contribution in [3.63, 3.8) is 0 Å². The van der Waals surface area contributed by atoms with Crippen LogP contribution in [0.4, 0.5) is 5.69 Å². The number of pyridine rings is 1. The molecule has 1 aromatic heterocycles. The fourth-order valence-corrected chi connectivity index (χ4v) is 6.34. The first-order valence-electron chi connectivity index (χ1n) is 12.3. The standard InChI is InChI=1S/C27H28Cl3N3O4/c1-2-17(15-7-9-16(10-8-15)32-25(35)20-18(28)13-31-14-19(20)29)22(26(36)37)33-23-21(30)24(34)27(23)11-5-3-4-6-12-27/h7-10,13-14,17,22,33H,2-6,11-12H2,1H3,(H,32,35)(H,36,37)/t17?,22-/m0/s1. The van der Waals surface area contributed by atoms with Crippen LogP contribution in [0, 0.1) is 5.41 Å². The molecule has 10 heteroatoms. The SMILES string of the molecule is CCC(c1ccc(NC(=O)c2c(Cl)cncc2Cl)cc1)[C@H](NC1=C(Cl)C(=O)C12CCCCCC2)C(=O)O. The molecule has 1 spiro atoms. The molecule has 2 atom stereocenters. The average Bonchev–Trinajstić information content (AvgIpc) is 3.14. The minimum Gasteiger partial charge on any atom is -0.480 e. The number of nitrogens with one attached hydrogen (secondary N) is 2. The summed E-state index contributed by atoms with van der Waals surface area (Å²) in [6, 6.07) is 5.98. The summed E-state index contributed by atoms with van der Waals surface area (Å²) >= 11 is 18.5. The van der Waals surface area contributed by atoms with Crippen LogP contribution in [0.15, 0.2) is 47.4 Å². The molecule has 0 saturated heterocycles. The topological polar surface area (TPSA) is 108 Å². The van der Waals surface area contributed by atoms with Crippen LogP contribution in [0.2, 0.25) is 10.0 Å². The van der Waals surface area contributed by atoms with Crippen molar-refractivity contribution >= 4 is 58.1 Å². The highest BCUT2D eigenvalue weighted by Crippen LogP contribution is 2.52. The monoisotopic (exact) mass is 563 g/mol. The molecule has 1 unspecified atom stereocenters. The van der Waals surface area contributed by atoms with E-state index in [1.807, 2.05) is 6.92 Å². The van der Waals surface area contributed by atoms with Gasteiger partial charge in [0.15, 0.2) is 5.78 Å². The summed E-state index contributed by atoms with van der Waals surface area (Å²) in [5.74, 6) is -1.98. The Labute approximate surface area is 230 Å². The highest BCUT2D eigenvalue weighted by molar-refractivity contribution is 6.47. The van der Waals surface area contributed by atoms with E-state index in [-0.39, 0.29) is 26.4 Å². The molecule has 1 aromatic carbocycles. The molecule has 2 aliphatic carbocycles. The Bertz CT molecular complexity index is 1220. The number of amides is 1. The molecule has 37 heavy (non-hydrogen) atoms. The average molecular weight is 565 g/mol. The smallest absolute Gasteiger partial charge is 0.326 e. The number of allylic oxidation sites excluding steroid dienone is 2. The highest BCUT2D eigenvalue weighted by Gasteiger charge is 2.54. The van der Waals surface area contributed by atoms with Crippen molar-refractivity contribution in [2.45, 2.75) is 63.8 Å². The minimum absolute atomic E-state index is 0.0785. The van der Waals surface area contributed by atoms with Crippen molar-refractivity contribution in [3.05, 3.63) is 68.6 Å². The van der Waals surface area contributed by atoms with E-state index in [0.717, 1.165) is 31.2 Å². The lowest BCUT2D eigenvalue weighted by Gasteiger charge is -2.44. The van der Waals surface area contributed by atoms with Gasteiger partial charge in [0.2, 0.25) is 0 Å². The number of benzene rings is 1. The van der Waals surface area contributed by atoms with Crippen LogP contribution in [-0.2, 0) is 9.59 Å². The van der Waals surface area contributed by atoms with Gasteiger partial charge in [0, 0.05) is 29.7 Å². The fraction of sp³-hybridized carbons (Fsp3) is 0.407. The van der Waals surface area contributed by atoms with Gasteiger partial charge in [-0.05, 0) is 37.0 Å². The van der Waals surface area contributed by atoms with Gasteiger partial charge in [-0.15, -0.1) is 0 Å². The molecule has 4 rings (SSSR count). The Balaban J connectivity index is 1.54. The van der Waals surface area contributed by atoms with Crippen molar-refractivity contribution in [1.29, 1.82) is 0 Å². The molecular formula is C27H28Cl3N3O4. The quantitative estimate of drug-likeness (QED) is 0.335. The Morgan fingerprint density at radius 1 is 1.03 bits per heavy atom. The van der Waals surface area contributed by atoms with E-state index < -0.39 is 29.3 Å². The van der Waals surface area contributed by atoms with E-state index in [9.17, 15) is 19.5 Å². The van der Waals surface area contributed by atoms with Gasteiger partial charge in [0.05, 0.1) is 21.0 Å². The Hall–Kier alpha value is -2.61. The lowest BCUT2D eigenvalue weighted by molar-refractivity contribution is -0.140. The molecule has 196 valence electrons. The second-order valence-corrected chi connectivity index (χ2v) is 10.7. The summed E-state index contributed by atoms with van der Waals surface area (Å²) in [7, 11) is 0. The van der Waals surface area contributed by atoms with E-state index >= 15 is 0 Å². The summed E-state index contributed by atoms with van der Waals surface area (Å²) in [4.78, 5) is 41.7. The van der Waals surface area contributed by atoms with Crippen LogP contribution in [0.25, 0.3) is 0 Å². The molecule has 3 N–H and O–H groups in total. The third-order valence-electron chi connectivity index (χ3n) is 7.37. The number of nitrogens with zero attached hydrogens (tertiary/aromatic N) is 1. The molecule has 7 nitrogen and oxygen atoms in total. The third kappa shape index (κ3) is 5.35. The number of aromatic nitrogens is 1. The fourth-order valence-electron chi connectivity index (χ4n) is 5.38. The maximum absolute atomic E-state index is 12.8. The molecule has 0 radical (unpaired) electrons. The number of carbonyl (C=O) groups excluding carboxylic acids is 2. The molecule has 0 bridgehead atoms. The van der Waals surface area contributed by atoms with Gasteiger partial charge in [0.25, 0.3) is 5.91 Å². The van der Waals surface area contributed by atoms with Crippen molar-refractivity contribution in [2.24, 2.45) is 5.41 Å². The zero-order valence-corrected chi connectivity index (χ0v) is 22.6. The normalized spacial score (nSPS) is 18.5. The second-order valence-electron chi connectivity index (χ2n) is 9.54. The number of carboxylic acids is 1. The van der Waals surface area contributed by atoms with Crippen LogP contribution in [0.3, 0.4) is 0 Å². The number of hydrogen-bond donors (Lipinski definition) is 3. The molecule has 2 aliphatic rings. The predicted octanol–water partition coefficient (Wildman–Crippen LogP) is 6.55. The van der Waals surface area contributed by atoms with E-state index in [0.29, 0.717) is 30.6 Å². The number of carboxylic acid groups (broad SMARTS) is 1. The van der Waals surface area contributed by atoms with Gasteiger partial charge in [0.1, 0.15) is 11.1 Å². The van der Waals surface area contributed by atoms with Crippen LogP contribution < -0.4 is 10.6 Å². The maximum atomic E-state index is 12.8. The number of ketones is 1. The number of aliphatic carboxylic acids is 1. The third-order valence-corrected chi connectivity index (χ3v) is 8.31. The minimum atomic E-state index is -1.02. The summed E-state index contributed by atoms with van der Waals surface area (Å²) < 4.78 is 0. The van der Waals surface area contributed by atoms with Gasteiger partial charge in [-0.25, -0.2) is 4.79 Å². The molecule has 1 heterocycles. The zero-order valence-electron chi connectivity index (χ0n) is 20.3. The van der Waals surface area contributed by atoms with E-state index in [4.69, 9.17) is 34.8 Å². The largest absolute Gasteiger partial charge is 0.480 e. The van der Waals surface area contributed by atoms with Gasteiger partial charge in [-0.2, -0.15) is 0 Å². The summed E-state index contributed by atoms with van der Waals surface area (Å²) in [6.45, 7) is 1.91. The van der Waals surface area contributed by atoms with E-state index in [1.165, 1.54) is 12.4 Å². The second kappa shape index (κ2) is 11.4. The van der Waals surface area contributed by atoms with Gasteiger partial charge >= 0.3 is 5.97 Å². The van der Waals surface area contributed by atoms with Crippen LogP contribution >= 0.6 is 34.8 Å². The highest BCUT2D eigenvalue weighted by atomic mass is 35.5. The first kappa shape index (κ1) is 27.4. The lowest BCUT2D eigenvalue weighted by Crippen LogP contribution is -2.53. The van der Waals surface area contributed by atoms with Crippen molar-refractivity contribution in [2.75, 3.05) is 5.32 Å². The van der Waals surface area contributed by atoms with Crippen LogP contribution in [-0.4, -0.2) is 33.8 Å².